The predicted molar refractivity (Wildman–Crippen MR) is 82.6 cm³/mol. The molecule has 0 bridgehead atoms. The molecule has 0 heterocycles. The first-order valence-electron chi connectivity index (χ1n) is 6.74. The predicted octanol–water partition coefficient (Wildman–Crippen LogP) is 3.97. The van der Waals surface area contributed by atoms with Crippen molar-refractivity contribution in [2.75, 3.05) is 12.8 Å². The van der Waals surface area contributed by atoms with E-state index in [0.717, 1.165) is 10.8 Å². The maximum Gasteiger partial charge on any atom is 0.232 e. The van der Waals surface area contributed by atoms with E-state index in [0.29, 0.717) is 11.8 Å². The molecule has 1 aromatic carbocycles. The fraction of sp³-hybridized carbons (Fsp3) is 0.533. The Balaban J connectivity index is 1.74. The highest BCUT2D eigenvalue weighted by atomic mass is 35.5. The van der Waals surface area contributed by atoms with E-state index in [-0.39, 0.29) is 5.91 Å². The van der Waals surface area contributed by atoms with Gasteiger partial charge in [-0.15, -0.1) is 11.8 Å². The number of rotatable bonds is 5. The van der Waals surface area contributed by atoms with E-state index in [1.165, 1.54) is 31.2 Å². The molecule has 0 aliphatic heterocycles. The summed E-state index contributed by atoms with van der Waals surface area (Å²) in [5.41, 5.74) is 1.17. The lowest BCUT2D eigenvalue weighted by Gasteiger charge is -2.24. The molecular weight excluding hydrogens is 278 g/mol. The smallest absolute Gasteiger partial charge is 0.232 e. The molecular formula is C15H20ClNOS. The normalized spacial score (nSPS) is 15.7. The molecule has 1 aromatic rings. The second-order valence-corrected chi connectivity index (χ2v) is 6.49. The Morgan fingerprint density at radius 1 is 1.42 bits per heavy atom. The molecule has 1 saturated carbocycles. The number of nitrogens with zero attached hydrogens (tertiary/aromatic N) is 1. The fourth-order valence-corrected chi connectivity index (χ4v) is 3.59. The van der Waals surface area contributed by atoms with E-state index in [2.05, 4.69) is 0 Å². The van der Waals surface area contributed by atoms with Crippen molar-refractivity contribution in [3.63, 3.8) is 0 Å². The van der Waals surface area contributed by atoms with Crippen molar-refractivity contribution in [2.24, 2.45) is 0 Å². The van der Waals surface area contributed by atoms with Crippen molar-refractivity contribution < 1.29 is 4.79 Å². The van der Waals surface area contributed by atoms with Gasteiger partial charge in [0.05, 0.1) is 5.75 Å². The van der Waals surface area contributed by atoms with Crippen LogP contribution in [-0.4, -0.2) is 29.6 Å². The number of carbonyl (C=O) groups is 1. The Hall–Kier alpha value is -0.670. The van der Waals surface area contributed by atoms with Gasteiger partial charge in [-0.25, -0.2) is 0 Å². The second-order valence-electron chi connectivity index (χ2n) is 5.07. The van der Waals surface area contributed by atoms with Gasteiger partial charge in [0, 0.05) is 23.9 Å². The summed E-state index contributed by atoms with van der Waals surface area (Å²) < 4.78 is 0. The summed E-state index contributed by atoms with van der Waals surface area (Å²) in [6.07, 6.45) is 4.86. The SMILES string of the molecule is CN(C(=O)CSCc1cccc(Cl)c1)C1CCCC1. The van der Waals surface area contributed by atoms with Gasteiger partial charge in [-0.1, -0.05) is 36.6 Å². The largest absolute Gasteiger partial charge is 0.342 e. The first-order chi connectivity index (χ1) is 9.16. The van der Waals surface area contributed by atoms with Gasteiger partial charge < -0.3 is 4.90 Å². The third-order valence-electron chi connectivity index (χ3n) is 3.65. The number of hydrogen-bond acceptors (Lipinski definition) is 2. The van der Waals surface area contributed by atoms with Gasteiger partial charge in [0.15, 0.2) is 0 Å². The number of amides is 1. The van der Waals surface area contributed by atoms with Gasteiger partial charge in [-0.05, 0) is 30.5 Å². The fourth-order valence-electron chi connectivity index (χ4n) is 2.48. The Labute approximate surface area is 124 Å². The molecule has 1 aliphatic carbocycles. The third-order valence-corrected chi connectivity index (χ3v) is 4.87. The molecule has 2 nitrogen and oxygen atoms in total. The van der Waals surface area contributed by atoms with E-state index >= 15 is 0 Å². The summed E-state index contributed by atoms with van der Waals surface area (Å²) in [4.78, 5) is 14.0. The Kier molecular flexibility index (Phi) is 5.59. The van der Waals surface area contributed by atoms with Crippen molar-refractivity contribution in [1.29, 1.82) is 0 Å². The van der Waals surface area contributed by atoms with Crippen LogP contribution in [0.5, 0.6) is 0 Å². The van der Waals surface area contributed by atoms with Crippen LogP contribution in [0.3, 0.4) is 0 Å². The zero-order chi connectivity index (χ0) is 13.7. The maximum atomic E-state index is 12.1. The van der Waals surface area contributed by atoms with E-state index < -0.39 is 0 Å². The second kappa shape index (κ2) is 7.20. The van der Waals surface area contributed by atoms with E-state index in [9.17, 15) is 4.79 Å². The van der Waals surface area contributed by atoms with Gasteiger partial charge >= 0.3 is 0 Å². The average Bonchev–Trinajstić information content (AvgIpc) is 2.91. The molecule has 0 saturated heterocycles. The topological polar surface area (TPSA) is 20.3 Å². The number of benzene rings is 1. The number of halogens is 1. The summed E-state index contributed by atoms with van der Waals surface area (Å²) >= 11 is 7.60. The molecule has 104 valence electrons. The van der Waals surface area contributed by atoms with Crippen molar-refractivity contribution in [1.82, 2.24) is 4.90 Å². The number of hydrogen-bond donors (Lipinski definition) is 0. The minimum atomic E-state index is 0.249. The van der Waals surface area contributed by atoms with Crippen LogP contribution in [0.15, 0.2) is 24.3 Å². The first-order valence-corrected chi connectivity index (χ1v) is 8.28. The van der Waals surface area contributed by atoms with E-state index in [4.69, 9.17) is 11.6 Å². The zero-order valence-corrected chi connectivity index (χ0v) is 12.8. The Morgan fingerprint density at radius 3 is 2.84 bits per heavy atom. The minimum Gasteiger partial charge on any atom is -0.342 e. The lowest BCUT2D eigenvalue weighted by Crippen LogP contribution is -2.36. The Bertz CT molecular complexity index is 432. The molecule has 0 aromatic heterocycles. The summed E-state index contributed by atoms with van der Waals surface area (Å²) in [6.45, 7) is 0. The molecule has 1 amide bonds. The molecule has 1 fully saturated rings. The van der Waals surface area contributed by atoms with Gasteiger partial charge in [0.2, 0.25) is 5.91 Å². The third kappa shape index (κ3) is 4.43. The number of carbonyl (C=O) groups excluding carboxylic acids is 1. The Morgan fingerprint density at radius 2 is 2.16 bits per heavy atom. The van der Waals surface area contributed by atoms with Crippen molar-refractivity contribution >= 4 is 29.3 Å². The van der Waals surface area contributed by atoms with Crippen LogP contribution in [0.4, 0.5) is 0 Å². The summed E-state index contributed by atoms with van der Waals surface area (Å²) in [6, 6.07) is 8.29. The van der Waals surface area contributed by atoms with E-state index in [1.54, 1.807) is 11.8 Å². The van der Waals surface area contributed by atoms with Crippen LogP contribution in [0.2, 0.25) is 5.02 Å². The molecule has 0 N–H and O–H groups in total. The molecule has 19 heavy (non-hydrogen) atoms. The molecule has 1 aliphatic rings. The number of thioether (sulfide) groups is 1. The molecule has 0 unspecified atom stereocenters. The van der Waals surface area contributed by atoms with Gasteiger partial charge in [0.1, 0.15) is 0 Å². The van der Waals surface area contributed by atoms with Crippen LogP contribution in [0, 0.1) is 0 Å². The van der Waals surface area contributed by atoms with Crippen LogP contribution in [-0.2, 0) is 10.5 Å². The van der Waals surface area contributed by atoms with Crippen LogP contribution < -0.4 is 0 Å². The van der Waals surface area contributed by atoms with Gasteiger partial charge in [-0.2, -0.15) is 0 Å². The minimum absolute atomic E-state index is 0.249. The maximum absolute atomic E-state index is 12.1. The lowest BCUT2D eigenvalue weighted by atomic mass is 10.2. The lowest BCUT2D eigenvalue weighted by molar-refractivity contribution is -0.129. The van der Waals surface area contributed by atoms with E-state index in [1.807, 2.05) is 36.2 Å². The summed E-state index contributed by atoms with van der Waals surface area (Å²) in [5, 5.41) is 0.757. The molecule has 0 spiro atoms. The zero-order valence-electron chi connectivity index (χ0n) is 11.3. The molecule has 4 heteroatoms. The highest BCUT2D eigenvalue weighted by Crippen LogP contribution is 2.23. The van der Waals surface area contributed by atoms with Crippen LogP contribution >= 0.6 is 23.4 Å². The highest BCUT2D eigenvalue weighted by molar-refractivity contribution is 7.99. The average molecular weight is 298 g/mol. The molecule has 2 rings (SSSR count). The standard InChI is InChI=1S/C15H20ClNOS/c1-17(14-7-2-3-8-14)15(18)11-19-10-12-5-4-6-13(16)9-12/h4-6,9,14H,2-3,7-8,10-11H2,1H3. The molecule has 0 radical (unpaired) electrons. The van der Waals surface area contributed by atoms with Crippen LogP contribution in [0.25, 0.3) is 0 Å². The first kappa shape index (κ1) is 14.7. The quantitative estimate of drug-likeness (QED) is 0.819. The highest BCUT2D eigenvalue weighted by Gasteiger charge is 2.22. The van der Waals surface area contributed by atoms with Crippen molar-refractivity contribution in [3.8, 4) is 0 Å². The van der Waals surface area contributed by atoms with Crippen molar-refractivity contribution in [2.45, 2.75) is 37.5 Å². The monoisotopic (exact) mass is 297 g/mol. The molecule has 0 atom stereocenters. The van der Waals surface area contributed by atoms with Crippen molar-refractivity contribution in [3.05, 3.63) is 34.9 Å². The summed E-state index contributed by atoms with van der Waals surface area (Å²) in [5.74, 6) is 1.64. The summed E-state index contributed by atoms with van der Waals surface area (Å²) in [7, 11) is 1.94. The van der Waals surface area contributed by atoms with Gasteiger partial charge in [-0.3, -0.25) is 4.79 Å². The van der Waals surface area contributed by atoms with Gasteiger partial charge in [0.25, 0.3) is 0 Å². The van der Waals surface area contributed by atoms with Crippen LogP contribution in [0.1, 0.15) is 31.2 Å².